The molecule has 4 amide bonds. The fraction of sp³-hybridized carbons (Fsp3) is 0.316. The van der Waals surface area contributed by atoms with Crippen LogP contribution in [0.5, 0.6) is 0 Å². The summed E-state index contributed by atoms with van der Waals surface area (Å²) in [5.41, 5.74) is 2.90. The van der Waals surface area contributed by atoms with Gasteiger partial charge in [0.2, 0.25) is 11.8 Å². The Labute approximate surface area is 307 Å². The molecule has 4 aromatic rings. The van der Waals surface area contributed by atoms with Crippen LogP contribution >= 0.6 is 22.7 Å². The van der Waals surface area contributed by atoms with Gasteiger partial charge < -0.3 is 9.47 Å². The van der Waals surface area contributed by atoms with E-state index in [-0.39, 0.29) is 21.1 Å². The maximum atomic E-state index is 14.9. The highest BCUT2D eigenvalue weighted by atomic mass is 32.1. The highest BCUT2D eigenvalue weighted by Crippen LogP contribution is 2.60. The van der Waals surface area contributed by atoms with Crippen LogP contribution < -0.4 is 9.80 Å². The van der Waals surface area contributed by atoms with Crippen LogP contribution in [0.25, 0.3) is 0 Å². The maximum absolute atomic E-state index is 14.9. The second kappa shape index (κ2) is 12.3. The number of nitrogens with zero attached hydrogens (tertiary/aromatic N) is 4. The van der Waals surface area contributed by atoms with Gasteiger partial charge in [-0.2, -0.15) is 0 Å². The number of methoxy groups -OCH3 is 2. The van der Waals surface area contributed by atoms with Crippen LogP contribution in [0.1, 0.15) is 64.8 Å². The molecule has 0 unspecified atom stereocenters. The van der Waals surface area contributed by atoms with Gasteiger partial charge in [-0.15, -0.1) is 22.7 Å². The largest absolute Gasteiger partial charge is 0.465 e. The minimum Gasteiger partial charge on any atom is -0.465 e. The lowest BCUT2D eigenvalue weighted by Crippen LogP contribution is -2.50. The Kier molecular flexibility index (Phi) is 8.06. The van der Waals surface area contributed by atoms with Gasteiger partial charge in [-0.05, 0) is 49.9 Å². The number of anilines is 2. The number of hydrazine groups is 1. The van der Waals surface area contributed by atoms with E-state index in [0.29, 0.717) is 22.3 Å². The van der Waals surface area contributed by atoms with Gasteiger partial charge in [0.25, 0.3) is 11.8 Å². The van der Waals surface area contributed by atoms with Gasteiger partial charge >= 0.3 is 11.9 Å². The fourth-order valence-corrected chi connectivity index (χ4v) is 10.7. The Hall–Kier alpha value is -5.02. The van der Waals surface area contributed by atoms with Crippen LogP contribution in [0.2, 0.25) is 0 Å². The molecule has 0 radical (unpaired) electrons. The van der Waals surface area contributed by atoms with Gasteiger partial charge in [-0.25, -0.2) is 29.4 Å². The number of imide groups is 2. The summed E-state index contributed by atoms with van der Waals surface area (Å²) >= 11 is 2.34. The summed E-state index contributed by atoms with van der Waals surface area (Å²) in [6, 6.07) is 14.5. The second-order valence-electron chi connectivity index (χ2n) is 13.3. The molecule has 0 saturated carbocycles. The molecule has 12 nitrogen and oxygen atoms in total. The van der Waals surface area contributed by atoms with Crippen LogP contribution in [-0.2, 0) is 28.7 Å². The van der Waals surface area contributed by atoms with Gasteiger partial charge in [-0.1, -0.05) is 60.7 Å². The fourth-order valence-electron chi connectivity index (χ4n) is 8.42. The van der Waals surface area contributed by atoms with E-state index in [0.717, 1.165) is 19.6 Å². The van der Waals surface area contributed by atoms with Crippen molar-refractivity contribution in [2.75, 3.05) is 24.0 Å². The number of esters is 2. The molecule has 14 heteroatoms. The average Bonchev–Trinajstić information content (AvgIpc) is 3.93. The first-order chi connectivity index (χ1) is 24.9. The Morgan fingerprint density at radius 2 is 0.885 bits per heavy atom. The SMILES string of the molecule is COC(=O)c1c(N2C(=O)[C@@H]3[C@H](C2=O)N2[C@H](c4ccccc4)[C@@H]4C(=O)N(c5sc(C)c(C)c5C(=O)OC)C(=O)[C@@H]4N2[C@H]3c2ccccc2)sc(C)c1C. The van der Waals surface area contributed by atoms with Crippen LogP contribution in [0.3, 0.4) is 0 Å². The van der Waals surface area contributed by atoms with E-state index < -0.39 is 71.6 Å². The van der Waals surface area contributed by atoms with Crippen molar-refractivity contribution in [1.29, 1.82) is 0 Å². The molecule has 0 spiro atoms. The Balaban J connectivity index is 1.33. The van der Waals surface area contributed by atoms with Gasteiger partial charge in [-0.3, -0.25) is 19.2 Å². The van der Waals surface area contributed by atoms with Crippen LogP contribution in [0.4, 0.5) is 10.0 Å². The molecule has 266 valence electrons. The third-order valence-electron chi connectivity index (χ3n) is 10.9. The van der Waals surface area contributed by atoms with Crippen molar-refractivity contribution in [1.82, 2.24) is 10.0 Å². The molecule has 0 aliphatic carbocycles. The lowest BCUT2D eigenvalue weighted by molar-refractivity contribution is -0.135. The van der Waals surface area contributed by atoms with Crippen molar-refractivity contribution in [3.05, 3.63) is 104 Å². The van der Waals surface area contributed by atoms with Gasteiger partial charge in [0.1, 0.15) is 22.1 Å². The quantitative estimate of drug-likeness (QED) is 0.195. The topological polar surface area (TPSA) is 134 Å². The zero-order valence-corrected chi connectivity index (χ0v) is 30.7. The molecular weight excluding hydrogens is 705 g/mol. The summed E-state index contributed by atoms with van der Waals surface area (Å²) in [6.45, 7) is 7.13. The Morgan fingerprint density at radius 3 is 1.21 bits per heavy atom. The molecule has 2 aromatic heterocycles. The number of aryl methyl sites for hydroxylation is 2. The molecule has 2 aromatic carbocycles. The molecular formula is C38H34N4O8S2. The molecule has 8 rings (SSSR count). The number of rotatable bonds is 6. The van der Waals surface area contributed by atoms with Crippen molar-refractivity contribution in [3.63, 3.8) is 0 Å². The molecule has 4 fully saturated rings. The summed E-state index contributed by atoms with van der Waals surface area (Å²) in [5.74, 6) is -5.45. The number of hydrogen-bond acceptors (Lipinski definition) is 12. The van der Waals surface area contributed by atoms with E-state index in [1.165, 1.54) is 36.9 Å². The van der Waals surface area contributed by atoms with E-state index in [9.17, 15) is 28.8 Å². The summed E-state index contributed by atoms with van der Waals surface area (Å²) in [5, 5.41) is 3.93. The first-order valence-electron chi connectivity index (χ1n) is 16.7. The number of benzene rings is 2. The third kappa shape index (κ3) is 4.50. The lowest BCUT2D eigenvalue weighted by Gasteiger charge is -2.35. The number of carbonyl (C=O) groups is 6. The number of carbonyl (C=O) groups excluding carboxylic acids is 6. The van der Waals surface area contributed by atoms with E-state index in [2.05, 4.69) is 0 Å². The Bertz CT molecular complexity index is 2060. The molecule has 0 bridgehead atoms. The predicted molar refractivity (Wildman–Crippen MR) is 192 cm³/mol. The third-order valence-corrected chi connectivity index (χ3v) is 13.3. The van der Waals surface area contributed by atoms with Crippen molar-refractivity contribution in [2.45, 2.75) is 51.9 Å². The van der Waals surface area contributed by atoms with Crippen LogP contribution in [-0.4, -0.2) is 71.9 Å². The van der Waals surface area contributed by atoms with E-state index in [1.54, 1.807) is 23.9 Å². The molecule has 4 aliphatic rings. The zero-order valence-electron chi connectivity index (χ0n) is 29.1. The maximum Gasteiger partial charge on any atom is 0.341 e. The summed E-state index contributed by atoms with van der Waals surface area (Å²) in [4.78, 5) is 89.3. The smallest absolute Gasteiger partial charge is 0.341 e. The molecule has 4 aliphatic heterocycles. The lowest BCUT2D eigenvalue weighted by atomic mass is 9.84. The summed E-state index contributed by atoms with van der Waals surface area (Å²) < 4.78 is 10.2. The molecule has 0 N–H and O–H groups in total. The number of thiophene rings is 2. The molecule has 52 heavy (non-hydrogen) atoms. The first-order valence-corrected chi connectivity index (χ1v) is 18.4. The number of amides is 4. The number of fused-ring (bicyclic) bond motifs is 5. The van der Waals surface area contributed by atoms with Crippen molar-refractivity contribution in [3.8, 4) is 0 Å². The normalized spacial score (nSPS) is 25.6. The summed E-state index contributed by atoms with van der Waals surface area (Å²) in [6.07, 6.45) is 0. The predicted octanol–water partition coefficient (Wildman–Crippen LogP) is 5.06. The highest BCUT2D eigenvalue weighted by molar-refractivity contribution is 7.17. The van der Waals surface area contributed by atoms with Crippen molar-refractivity contribution < 1.29 is 38.2 Å². The van der Waals surface area contributed by atoms with Crippen LogP contribution in [0.15, 0.2) is 60.7 Å². The average molecular weight is 739 g/mol. The first kappa shape index (κ1) is 34.1. The summed E-state index contributed by atoms with van der Waals surface area (Å²) in [7, 11) is 2.50. The second-order valence-corrected chi connectivity index (χ2v) is 15.8. The highest BCUT2D eigenvalue weighted by Gasteiger charge is 2.74. The minimum absolute atomic E-state index is 0.154. The van der Waals surface area contributed by atoms with Gasteiger partial charge in [0.15, 0.2) is 0 Å². The van der Waals surface area contributed by atoms with Crippen molar-refractivity contribution >= 4 is 68.2 Å². The molecule has 6 heterocycles. The van der Waals surface area contributed by atoms with E-state index in [1.807, 2.05) is 74.5 Å². The Morgan fingerprint density at radius 1 is 0.538 bits per heavy atom. The minimum atomic E-state index is -1.10. The van der Waals surface area contributed by atoms with Crippen molar-refractivity contribution in [2.24, 2.45) is 11.8 Å². The van der Waals surface area contributed by atoms with E-state index in [4.69, 9.17) is 9.47 Å². The number of ether oxygens (including phenoxy) is 2. The van der Waals surface area contributed by atoms with Gasteiger partial charge in [0.05, 0.1) is 49.3 Å². The van der Waals surface area contributed by atoms with Gasteiger partial charge in [0, 0.05) is 9.75 Å². The standard InChI is InChI=1S/C38H34N4O8S2/c1-17-19(3)51-35(23(17)37(47)49-5)39-31(43)25-27(21-13-9-7-10-14-21)42-30-26(28(22-15-11-8-12-16-22)41(42)29(25)33(39)45)32(44)40(34(30)46)36-24(38(48)50-6)18(2)20(4)52-36/h7-16,25-30H,1-6H3/t25-,26-,27-,28+,29+,30+/m0/s1. The van der Waals surface area contributed by atoms with E-state index >= 15 is 0 Å². The monoisotopic (exact) mass is 738 g/mol. The molecule has 6 atom stereocenters. The zero-order chi connectivity index (χ0) is 36.9. The van der Waals surface area contributed by atoms with Crippen LogP contribution in [0, 0.1) is 39.5 Å². The number of hydrogen-bond donors (Lipinski definition) is 0. The molecule has 4 saturated heterocycles.